The molecule has 7 heteroatoms. The van der Waals surface area contributed by atoms with E-state index in [1.165, 1.54) is 18.4 Å². The normalized spacial score (nSPS) is 20.9. The molecule has 0 saturated carbocycles. The van der Waals surface area contributed by atoms with E-state index < -0.39 is 17.8 Å². The van der Waals surface area contributed by atoms with Crippen molar-refractivity contribution in [2.75, 3.05) is 23.5 Å². The first-order valence-corrected chi connectivity index (χ1v) is 11.5. The molecule has 1 fully saturated rings. The molecule has 1 saturated heterocycles. The van der Waals surface area contributed by atoms with E-state index in [0.717, 1.165) is 29.0 Å². The van der Waals surface area contributed by atoms with Crippen LogP contribution in [0.4, 0.5) is 16.2 Å². The van der Waals surface area contributed by atoms with Gasteiger partial charge in [0.1, 0.15) is 11.3 Å². The van der Waals surface area contributed by atoms with Crippen LogP contribution in [-0.2, 0) is 9.59 Å². The zero-order chi connectivity index (χ0) is 24.8. The smallest absolute Gasteiger partial charge is 0.335 e. The number of rotatable bonds is 4. The predicted molar refractivity (Wildman–Crippen MR) is 133 cm³/mol. The van der Waals surface area contributed by atoms with Gasteiger partial charge in [0.15, 0.2) is 0 Å². The quantitative estimate of drug-likeness (QED) is 0.524. The summed E-state index contributed by atoms with van der Waals surface area (Å²) >= 11 is 0. The zero-order valence-electron chi connectivity index (χ0n) is 20.6. The molecule has 0 bridgehead atoms. The number of fused-ring (bicyclic) bond motifs is 1. The number of carbonyl (C=O) groups is 3. The van der Waals surface area contributed by atoms with Crippen molar-refractivity contribution in [2.45, 2.75) is 52.5 Å². The molecule has 2 aliphatic rings. The van der Waals surface area contributed by atoms with Crippen LogP contribution in [0.3, 0.4) is 0 Å². The minimum absolute atomic E-state index is 0.0477. The van der Waals surface area contributed by atoms with E-state index in [1.54, 1.807) is 30.3 Å². The lowest BCUT2D eigenvalue weighted by molar-refractivity contribution is -0.122. The summed E-state index contributed by atoms with van der Waals surface area (Å²) in [5.41, 5.74) is 4.48. The monoisotopic (exact) mass is 461 g/mol. The van der Waals surface area contributed by atoms with Gasteiger partial charge in [-0.1, -0.05) is 6.92 Å². The minimum atomic E-state index is -0.770. The molecule has 4 amide bonds. The lowest BCUT2D eigenvalue weighted by Gasteiger charge is -2.47. The van der Waals surface area contributed by atoms with E-state index in [0.29, 0.717) is 17.4 Å². The van der Waals surface area contributed by atoms with Crippen molar-refractivity contribution in [3.8, 4) is 5.75 Å². The maximum atomic E-state index is 13.3. The molecule has 2 aliphatic heterocycles. The van der Waals surface area contributed by atoms with Gasteiger partial charge in [-0.25, -0.2) is 9.69 Å². The highest BCUT2D eigenvalue weighted by atomic mass is 16.5. The maximum absolute atomic E-state index is 13.3. The van der Waals surface area contributed by atoms with Gasteiger partial charge in [-0.3, -0.25) is 14.9 Å². The van der Waals surface area contributed by atoms with Gasteiger partial charge in [-0.15, -0.1) is 0 Å². The van der Waals surface area contributed by atoms with Gasteiger partial charge in [-0.2, -0.15) is 0 Å². The van der Waals surface area contributed by atoms with Gasteiger partial charge in [-0.05, 0) is 99.2 Å². The van der Waals surface area contributed by atoms with E-state index >= 15 is 0 Å². The molecule has 0 radical (unpaired) electrons. The number of barbiturate groups is 1. The van der Waals surface area contributed by atoms with Crippen molar-refractivity contribution in [2.24, 2.45) is 0 Å². The Hall–Kier alpha value is -3.61. The lowest BCUT2D eigenvalue weighted by Crippen LogP contribution is -2.54. The molecule has 1 unspecified atom stereocenters. The number of urea groups is 1. The second-order valence-electron chi connectivity index (χ2n) is 9.59. The summed E-state index contributed by atoms with van der Waals surface area (Å²) in [6.07, 6.45) is 2.60. The van der Waals surface area contributed by atoms with Crippen molar-refractivity contribution in [3.63, 3.8) is 0 Å². The highest BCUT2D eigenvalue weighted by molar-refractivity contribution is 6.39. The van der Waals surface area contributed by atoms with Crippen molar-refractivity contribution < 1.29 is 19.1 Å². The summed E-state index contributed by atoms with van der Waals surface area (Å²) in [6, 6.07) is 9.98. The van der Waals surface area contributed by atoms with Crippen LogP contribution in [0.2, 0.25) is 0 Å². The fraction of sp³-hybridized carbons (Fsp3) is 0.370. The summed E-state index contributed by atoms with van der Waals surface area (Å²) in [6.45, 7) is 11.8. The van der Waals surface area contributed by atoms with Gasteiger partial charge in [0.25, 0.3) is 11.8 Å². The van der Waals surface area contributed by atoms with E-state index in [9.17, 15) is 14.4 Å². The highest BCUT2D eigenvalue weighted by Crippen LogP contribution is 2.44. The first-order valence-electron chi connectivity index (χ1n) is 11.5. The number of ether oxygens (including phenoxy) is 1. The van der Waals surface area contributed by atoms with E-state index in [-0.39, 0.29) is 11.1 Å². The maximum Gasteiger partial charge on any atom is 0.335 e. The van der Waals surface area contributed by atoms with Gasteiger partial charge < -0.3 is 9.64 Å². The molecule has 2 aromatic rings. The molecule has 1 N–H and O–H groups in total. The average Bonchev–Trinajstić information content (AvgIpc) is 2.77. The molecular weight excluding hydrogens is 430 g/mol. The van der Waals surface area contributed by atoms with Gasteiger partial charge in [0.05, 0.1) is 12.8 Å². The number of amides is 4. The van der Waals surface area contributed by atoms with E-state index in [4.69, 9.17) is 4.74 Å². The number of anilines is 2. The Morgan fingerprint density at radius 3 is 2.44 bits per heavy atom. The number of nitrogens with one attached hydrogen (secondary N) is 1. The Balaban J connectivity index is 1.75. The third-order valence-electron chi connectivity index (χ3n) is 6.82. The fourth-order valence-corrected chi connectivity index (χ4v) is 5.18. The predicted octanol–water partition coefficient (Wildman–Crippen LogP) is 4.78. The SMILES string of the molecule is CCN1c2cc(C)c(/C=C3/C(=O)NC(=O)N(c4ccc(OC)cc4)C3=O)cc2C(C)CC1(C)C. The van der Waals surface area contributed by atoms with Crippen molar-refractivity contribution in [1.82, 2.24) is 5.32 Å². The summed E-state index contributed by atoms with van der Waals surface area (Å²) in [7, 11) is 1.54. The molecule has 34 heavy (non-hydrogen) atoms. The van der Waals surface area contributed by atoms with Crippen LogP contribution in [-0.4, -0.2) is 37.0 Å². The molecule has 2 heterocycles. The van der Waals surface area contributed by atoms with Crippen LogP contribution >= 0.6 is 0 Å². The summed E-state index contributed by atoms with van der Waals surface area (Å²) in [5.74, 6) is -0.413. The third-order valence-corrected chi connectivity index (χ3v) is 6.82. The van der Waals surface area contributed by atoms with Crippen LogP contribution in [0, 0.1) is 6.92 Å². The summed E-state index contributed by atoms with van der Waals surface area (Å²) in [5, 5.41) is 2.29. The molecule has 0 aliphatic carbocycles. The van der Waals surface area contributed by atoms with Crippen LogP contribution in [0.25, 0.3) is 6.08 Å². The Morgan fingerprint density at radius 2 is 1.82 bits per heavy atom. The summed E-state index contributed by atoms with van der Waals surface area (Å²) < 4.78 is 5.15. The Labute approximate surface area is 200 Å². The largest absolute Gasteiger partial charge is 0.497 e. The second-order valence-corrected chi connectivity index (χ2v) is 9.59. The molecule has 0 aromatic heterocycles. The molecule has 178 valence electrons. The Morgan fingerprint density at radius 1 is 1.15 bits per heavy atom. The van der Waals surface area contributed by atoms with Crippen LogP contribution in [0.1, 0.15) is 56.7 Å². The Bertz CT molecular complexity index is 1200. The zero-order valence-corrected chi connectivity index (χ0v) is 20.6. The number of hydrogen-bond donors (Lipinski definition) is 1. The lowest BCUT2D eigenvalue weighted by atomic mass is 9.79. The number of carbonyl (C=O) groups excluding carboxylic acids is 3. The first-order chi connectivity index (χ1) is 16.1. The number of benzene rings is 2. The topological polar surface area (TPSA) is 79.0 Å². The fourth-order valence-electron chi connectivity index (χ4n) is 5.18. The van der Waals surface area contributed by atoms with E-state index in [2.05, 4.69) is 50.0 Å². The third kappa shape index (κ3) is 3.95. The molecule has 2 aromatic carbocycles. The number of hydrogen-bond acceptors (Lipinski definition) is 5. The second kappa shape index (κ2) is 8.63. The van der Waals surface area contributed by atoms with Crippen LogP contribution < -0.4 is 19.9 Å². The van der Waals surface area contributed by atoms with Crippen LogP contribution in [0.5, 0.6) is 5.75 Å². The molecular formula is C27H31N3O4. The Kier molecular flexibility index (Phi) is 5.98. The number of aryl methyl sites for hydroxylation is 1. The molecule has 1 atom stereocenters. The van der Waals surface area contributed by atoms with Gasteiger partial charge >= 0.3 is 6.03 Å². The van der Waals surface area contributed by atoms with Crippen molar-refractivity contribution in [3.05, 3.63) is 58.7 Å². The van der Waals surface area contributed by atoms with Crippen molar-refractivity contribution in [1.29, 1.82) is 0 Å². The standard InChI is InChI=1S/C27H31N3O4/c1-7-29-23-12-16(2)18(13-21(23)17(3)15-27(29,4)5)14-22-24(31)28-26(33)30(25(22)32)19-8-10-20(34-6)11-9-19/h8-14,17H,7,15H2,1-6H3,(H,28,31,33)/b22-14-. The average molecular weight is 462 g/mol. The minimum Gasteiger partial charge on any atom is -0.497 e. The van der Waals surface area contributed by atoms with Gasteiger partial charge in [0, 0.05) is 17.8 Å². The first kappa shape index (κ1) is 23.5. The molecule has 0 spiro atoms. The molecule has 4 rings (SSSR count). The highest BCUT2D eigenvalue weighted by Gasteiger charge is 2.38. The number of imide groups is 2. The number of methoxy groups -OCH3 is 1. The number of nitrogens with zero attached hydrogens (tertiary/aromatic N) is 2. The van der Waals surface area contributed by atoms with Crippen molar-refractivity contribution >= 4 is 35.3 Å². The van der Waals surface area contributed by atoms with Crippen LogP contribution in [0.15, 0.2) is 42.0 Å². The molecule has 7 nitrogen and oxygen atoms in total. The van der Waals surface area contributed by atoms with E-state index in [1.807, 2.05) is 6.92 Å². The van der Waals surface area contributed by atoms with Gasteiger partial charge in [0.2, 0.25) is 0 Å². The summed E-state index contributed by atoms with van der Waals surface area (Å²) in [4.78, 5) is 41.9.